The molecule has 19 heavy (non-hydrogen) atoms. The topological polar surface area (TPSA) is 42.4 Å². The monoisotopic (exact) mass is 282 g/mol. The standard InChI is InChI=1S/C14H22N2O2S/c1-6-10-11(7-17)19-12(15-10)16-8-13(2,3)18-14(4,5)9-16/h7H,6,8-9H2,1-5H3. The third-order valence-electron chi connectivity index (χ3n) is 3.12. The number of thiazole rings is 1. The number of nitrogens with zero attached hydrogens (tertiary/aromatic N) is 2. The molecule has 106 valence electrons. The molecule has 0 aromatic carbocycles. The Morgan fingerprint density at radius 2 is 1.89 bits per heavy atom. The number of hydrogen-bond acceptors (Lipinski definition) is 5. The first kappa shape index (κ1) is 14.5. The van der Waals surface area contributed by atoms with E-state index in [0.717, 1.165) is 41.5 Å². The van der Waals surface area contributed by atoms with Gasteiger partial charge in [-0.3, -0.25) is 4.79 Å². The minimum atomic E-state index is -0.207. The van der Waals surface area contributed by atoms with Crippen LogP contribution in [-0.4, -0.2) is 35.6 Å². The molecule has 1 aliphatic rings. The number of carbonyl (C=O) groups is 1. The number of carbonyl (C=O) groups excluding carboxylic acids is 1. The molecule has 0 amide bonds. The largest absolute Gasteiger partial charge is 0.366 e. The molecule has 4 nitrogen and oxygen atoms in total. The molecular weight excluding hydrogens is 260 g/mol. The van der Waals surface area contributed by atoms with Gasteiger partial charge in [-0.15, -0.1) is 0 Å². The van der Waals surface area contributed by atoms with Crippen molar-refractivity contribution in [3.8, 4) is 0 Å². The average molecular weight is 282 g/mol. The fourth-order valence-corrected chi connectivity index (χ4v) is 3.72. The summed E-state index contributed by atoms with van der Waals surface area (Å²) in [5.41, 5.74) is 0.486. The molecule has 0 N–H and O–H groups in total. The summed E-state index contributed by atoms with van der Waals surface area (Å²) < 4.78 is 6.07. The molecule has 0 radical (unpaired) electrons. The van der Waals surface area contributed by atoms with Crippen LogP contribution in [0.15, 0.2) is 0 Å². The highest BCUT2D eigenvalue weighted by Gasteiger charge is 2.39. The number of ether oxygens (including phenoxy) is 1. The second kappa shape index (κ2) is 4.87. The Bertz CT molecular complexity index is 464. The molecular formula is C14H22N2O2S. The van der Waals surface area contributed by atoms with Crippen molar-refractivity contribution in [3.05, 3.63) is 10.6 Å². The maximum absolute atomic E-state index is 11.1. The number of anilines is 1. The Labute approximate surface area is 118 Å². The summed E-state index contributed by atoms with van der Waals surface area (Å²) >= 11 is 1.48. The van der Waals surface area contributed by atoms with Crippen LogP contribution in [0.4, 0.5) is 5.13 Å². The Hall–Kier alpha value is -0.940. The lowest BCUT2D eigenvalue weighted by atomic mass is 9.99. The van der Waals surface area contributed by atoms with E-state index in [2.05, 4.69) is 37.6 Å². The minimum absolute atomic E-state index is 0.207. The zero-order valence-corrected chi connectivity index (χ0v) is 13.1. The van der Waals surface area contributed by atoms with Gasteiger partial charge in [0, 0.05) is 13.1 Å². The minimum Gasteiger partial charge on any atom is -0.366 e. The molecule has 0 unspecified atom stereocenters. The van der Waals surface area contributed by atoms with Crippen LogP contribution in [0.1, 0.15) is 50.0 Å². The van der Waals surface area contributed by atoms with Gasteiger partial charge in [0.25, 0.3) is 0 Å². The maximum atomic E-state index is 11.1. The summed E-state index contributed by atoms with van der Waals surface area (Å²) in [4.78, 5) is 18.7. The molecule has 0 saturated carbocycles. The number of aromatic nitrogens is 1. The van der Waals surface area contributed by atoms with E-state index >= 15 is 0 Å². The quantitative estimate of drug-likeness (QED) is 0.799. The molecule has 1 saturated heterocycles. The van der Waals surface area contributed by atoms with Crippen LogP contribution in [0.2, 0.25) is 0 Å². The molecule has 0 aliphatic carbocycles. The summed E-state index contributed by atoms with van der Waals surface area (Å²) in [6.45, 7) is 12.0. The number of morpholine rings is 1. The first-order valence-electron chi connectivity index (χ1n) is 6.66. The Kier molecular flexibility index (Phi) is 3.71. The third kappa shape index (κ3) is 3.15. The highest BCUT2D eigenvalue weighted by molar-refractivity contribution is 7.17. The molecule has 0 spiro atoms. The molecule has 1 aromatic heterocycles. The Balaban J connectivity index is 2.30. The van der Waals surface area contributed by atoms with Crippen molar-refractivity contribution in [2.45, 2.75) is 52.2 Å². The van der Waals surface area contributed by atoms with Gasteiger partial charge in [-0.25, -0.2) is 4.98 Å². The van der Waals surface area contributed by atoms with Crippen molar-refractivity contribution in [2.24, 2.45) is 0 Å². The van der Waals surface area contributed by atoms with Gasteiger partial charge >= 0.3 is 0 Å². The van der Waals surface area contributed by atoms with Crippen LogP contribution in [0, 0.1) is 0 Å². The summed E-state index contributed by atoms with van der Waals surface area (Å²) in [6.07, 6.45) is 1.71. The summed E-state index contributed by atoms with van der Waals surface area (Å²) in [6, 6.07) is 0. The van der Waals surface area contributed by atoms with Crippen molar-refractivity contribution in [2.75, 3.05) is 18.0 Å². The average Bonchev–Trinajstić information content (AvgIpc) is 2.67. The van der Waals surface area contributed by atoms with Gasteiger partial charge in [-0.05, 0) is 34.1 Å². The molecule has 0 bridgehead atoms. The maximum Gasteiger partial charge on any atom is 0.186 e. The molecule has 0 atom stereocenters. The smallest absolute Gasteiger partial charge is 0.186 e. The molecule has 2 heterocycles. The summed E-state index contributed by atoms with van der Waals surface area (Å²) in [5, 5.41) is 0.934. The van der Waals surface area contributed by atoms with E-state index in [9.17, 15) is 4.79 Å². The SMILES string of the molecule is CCc1nc(N2CC(C)(C)OC(C)(C)C2)sc1C=O. The van der Waals surface area contributed by atoms with Crippen molar-refractivity contribution < 1.29 is 9.53 Å². The normalized spacial score (nSPS) is 21.4. The highest BCUT2D eigenvalue weighted by Crippen LogP contribution is 2.34. The number of aldehydes is 1. The van der Waals surface area contributed by atoms with Crippen LogP contribution >= 0.6 is 11.3 Å². The van der Waals surface area contributed by atoms with Crippen LogP contribution in [0.5, 0.6) is 0 Å². The van der Waals surface area contributed by atoms with Crippen LogP contribution < -0.4 is 4.90 Å². The predicted octanol–water partition coefficient (Wildman–Crippen LogP) is 2.91. The fourth-order valence-electron chi connectivity index (χ4n) is 2.75. The van der Waals surface area contributed by atoms with Gasteiger partial charge in [0.15, 0.2) is 11.4 Å². The molecule has 2 rings (SSSR count). The van der Waals surface area contributed by atoms with Crippen molar-refractivity contribution in [3.63, 3.8) is 0 Å². The van der Waals surface area contributed by atoms with E-state index < -0.39 is 0 Å². The van der Waals surface area contributed by atoms with E-state index in [-0.39, 0.29) is 11.2 Å². The molecule has 5 heteroatoms. The van der Waals surface area contributed by atoms with Gasteiger partial charge in [-0.2, -0.15) is 0 Å². The van der Waals surface area contributed by atoms with Gasteiger partial charge < -0.3 is 9.64 Å². The number of rotatable bonds is 3. The molecule has 1 aliphatic heterocycles. The second-order valence-corrected chi connectivity index (χ2v) is 7.27. The van der Waals surface area contributed by atoms with Crippen molar-refractivity contribution in [1.82, 2.24) is 4.98 Å². The summed E-state index contributed by atoms with van der Waals surface area (Å²) in [5.74, 6) is 0. The lowest BCUT2D eigenvalue weighted by molar-refractivity contribution is -0.133. The Morgan fingerprint density at radius 3 is 2.32 bits per heavy atom. The molecule has 1 fully saturated rings. The van der Waals surface area contributed by atoms with Gasteiger partial charge in [-0.1, -0.05) is 18.3 Å². The van der Waals surface area contributed by atoms with Crippen LogP contribution in [0.25, 0.3) is 0 Å². The number of hydrogen-bond donors (Lipinski definition) is 0. The zero-order valence-electron chi connectivity index (χ0n) is 12.3. The zero-order chi connectivity index (χ0) is 14.3. The Morgan fingerprint density at radius 1 is 1.32 bits per heavy atom. The summed E-state index contributed by atoms with van der Waals surface area (Å²) in [7, 11) is 0. The van der Waals surface area contributed by atoms with E-state index in [1.54, 1.807) is 0 Å². The second-order valence-electron chi connectivity index (χ2n) is 6.26. The van der Waals surface area contributed by atoms with E-state index in [4.69, 9.17) is 4.74 Å². The van der Waals surface area contributed by atoms with Gasteiger partial charge in [0.1, 0.15) is 0 Å². The van der Waals surface area contributed by atoms with Gasteiger partial charge in [0.2, 0.25) is 0 Å². The highest BCUT2D eigenvalue weighted by atomic mass is 32.1. The first-order chi connectivity index (χ1) is 8.76. The molecule has 1 aromatic rings. The van der Waals surface area contributed by atoms with E-state index in [1.807, 2.05) is 6.92 Å². The lowest BCUT2D eigenvalue weighted by Crippen LogP contribution is -2.57. The van der Waals surface area contributed by atoms with Gasteiger partial charge in [0.05, 0.1) is 21.8 Å². The van der Waals surface area contributed by atoms with Crippen molar-refractivity contribution in [1.29, 1.82) is 0 Å². The van der Waals surface area contributed by atoms with E-state index in [0.29, 0.717) is 0 Å². The lowest BCUT2D eigenvalue weighted by Gasteiger charge is -2.47. The fraction of sp³-hybridized carbons (Fsp3) is 0.714. The first-order valence-corrected chi connectivity index (χ1v) is 7.48. The van der Waals surface area contributed by atoms with Crippen LogP contribution in [0.3, 0.4) is 0 Å². The van der Waals surface area contributed by atoms with Crippen molar-refractivity contribution >= 4 is 22.8 Å². The van der Waals surface area contributed by atoms with Crippen LogP contribution in [-0.2, 0) is 11.2 Å². The third-order valence-corrected chi connectivity index (χ3v) is 4.21. The van der Waals surface area contributed by atoms with E-state index in [1.165, 1.54) is 11.3 Å². The predicted molar refractivity (Wildman–Crippen MR) is 78.3 cm³/mol. The number of aryl methyl sites for hydroxylation is 1.